The monoisotopic (exact) mass is 201 g/mol. The van der Waals surface area contributed by atoms with Gasteiger partial charge in [-0.15, -0.1) is 0 Å². The minimum atomic E-state index is -0.844. The van der Waals surface area contributed by atoms with E-state index >= 15 is 0 Å². The molecule has 0 aromatic rings. The van der Waals surface area contributed by atoms with Crippen LogP contribution in [-0.2, 0) is 19.1 Å². The fourth-order valence-corrected chi connectivity index (χ4v) is 0.757. The Morgan fingerprint density at radius 3 is 2.50 bits per heavy atom. The number of hydrogen-bond acceptors (Lipinski definition) is 4. The van der Waals surface area contributed by atoms with E-state index < -0.39 is 17.9 Å². The second-order valence-corrected chi connectivity index (χ2v) is 2.92. The lowest BCUT2D eigenvalue weighted by Gasteiger charge is -2.09. The van der Waals surface area contributed by atoms with Crippen LogP contribution in [0.1, 0.15) is 33.6 Å². The molecule has 1 atom stereocenters. The number of esters is 2. The summed E-state index contributed by atoms with van der Waals surface area (Å²) in [6, 6.07) is 0. The first-order chi connectivity index (χ1) is 6.63. The molecule has 0 aliphatic carbocycles. The smallest absolute Gasteiger partial charge is 0.320 e. The van der Waals surface area contributed by atoms with E-state index in [1.807, 2.05) is 6.92 Å². The van der Waals surface area contributed by atoms with Crippen molar-refractivity contribution in [2.24, 2.45) is 5.92 Å². The number of ether oxygens (including phenoxy) is 2. The van der Waals surface area contributed by atoms with Crippen LogP contribution in [-0.4, -0.2) is 18.5 Å². The van der Waals surface area contributed by atoms with Crippen molar-refractivity contribution in [1.29, 1.82) is 0 Å². The molecule has 4 nitrogen and oxygen atoms in total. The highest BCUT2D eigenvalue weighted by Crippen LogP contribution is 2.03. The second kappa shape index (κ2) is 7.35. The van der Waals surface area contributed by atoms with Gasteiger partial charge < -0.3 is 9.47 Å². The van der Waals surface area contributed by atoms with Crippen molar-refractivity contribution in [3.63, 3.8) is 0 Å². The number of unbranched alkanes of at least 4 members (excludes halogenated alkanes) is 1. The van der Waals surface area contributed by atoms with Crippen molar-refractivity contribution in [2.75, 3.05) is 6.61 Å². The molecule has 0 aliphatic heterocycles. The number of hydrogen-bond donors (Lipinski definition) is 0. The molecule has 0 rings (SSSR count). The minimum absolute atomic E-state index is 0.364. The molecule has 0 aliphatic rings. The average molecular weight is 201 g/mol. The summed E-state index contributed by atoms with van der Waals surface area (Å²) in [4.78, 5) is 22.3. The van der Waals surface area contributed by atoms with Gasteiger partial charge in [0.1, 0.15) is 6.61 Å². The maximum atomic E-state index is 11.2. The van der Waals surface area contributed by atoms with Crippen molar-refractivity contribution < 1.29 is 19.1 Å². The van der Waals surface area contributed by atoms with Crippen LogP contribution in [0.5, 0.6) is 0 Å². The van der Waals surface area contributed by atoms with Gasteiger partial charge in [-0.25, -0.2) is 0 Å². The maximum Gasteiger partial charge on any atom is 0.320 e. The van der Waals surface area contributed by atoms with Gasteiger partial charge in [-0.3, -0.25) is 9.59 Å². The molecule has 1 radical (unpaired) electrons. The molecular weight excluding hydrogens is 184 g/mol. The molecule has 0 aromatic heterocycles. The van der Waals surface area contributed by atoms with Gasteiger partial charge in [0.15, 0.2) is 5.92 Å². The molecule has 0 saturated carbocycles. The lowest BCUT2D eigenvalue weighted by atomic mass is 10.2. The van der Waals surface area contributed by atoms with Gasteiger partial charge in [-0.05, 0) is 20.3 Å². The Hall–Kier alpha value is -1.06. The standard InChI is InChI=1S/C10H17O4/c1-4-6-7-14-10(12)8(3)9(11)13-5-2/h5,8H,4,6-7H2,1-3H3. The van der Waals surface area contributed by atoms with Crippen molar-refractivity contribution in [3.8, 4) is 0 Å². The Balaban J connectivity index is 3.80. The van der Waals surface area contributed by atoms with E-state index in [0.29, 0.717) is 6.61 Å². The summed E-state index contributed by atoms with van der Waals surface area (Å²) in [6.07, 6.45) is 1.77. The molecular formula is C10H17O4. The molecule has 14 heavy (non-hydrogen) atoms. The van der Waals surface area contributed by atoms with Crippen LogP contribution in [0.15, 0.2) is 0 Å². The Morgan fingerprint density at radius 1 is 1.36 bits per heavy atom. The predicted octanol–water partition coefficient (Wildman–Crippen LogP) is 1.69. The van der Waals surface area contributed by atoms with Crippen LogP contribution in [0, 0.1) is 12.5 Å². The second-order valence-electron chi connectivity index (χ2n) is 2.92. The summed E-state index contributed by atoms with van der Waals surface area (Å²) in [7, 11) is 0. The third-order valence-corrected chi connectivity index (χ3v) is 1.68. The third-order valence-electron chi connectivity index (χ3n) is 1.68. The van der Waals surface area contributed by atoms with Crippen molar-refractivity contribution in [1.82, 2.24) is 0 Å². The predicted molar refractivity (Wildman–Crippen MR) is 51.1 cm³/mol. The number of carbonyl (C=O) groups is 2. The van der Waals surface area contributed by atoms with Crippen molar-refractivity contribution in [2.45, 2.75) is 33.6 Å². The van der Waals surface area contributed by atoms with E-state index in [4.69, 9.17) is 4.74 Å². The fraction of sp³-hybridized carbons (Fsp3) is 0.700. The molecule has 0 heterocycles. The van der Waals surface area contributed by atoms with Crippen LogP contribution in [0.2, 0.25) is 0 Å². The summed E-state index contributed by atoms with van der Waals surface area (Å²) in [5.74, 6) is -1.94. The quantitative estimate of drug-likeness (QED) is 0.373. The van der Waals surface area contributed by atoms with Gasteiger partial charge in [0.05, 0.1) is 6.61 Å². The molecule has 0 N–H and O–H groups in total. The maximum absolute atomic E-state index is 11.2. The van der Waals surface area contributed by atoms with Gasteiger partial charge in [-0.2, -0.15) is 0 Å². The van der Waals surface area contributed by atoms with E-state index in [1.54, 1.807) is 6.92 Å². The largest absolute Gasteiger partial charge is 0.465 e. The molecule has 4 heteroatoms. The summed E-state index contributed by atoms with van der Waals surface area (Å²) < 4.78 is 9.42. The van der Waals surface area contributed by atoms with Crippen LogP contribution < -0.4 is 0 Å². The van der Waals surface area contributed by atoms with Gasteiger partial charge in [-0.1, -0.05) is 13.3 Å². The van der Waals surface area contributed by atoms with E-state index in [1.165, 1.54) is 13.5 Å². The molecule has 81 valence electrons. The van der Waals surface area contributed by atoms with Crippen molar-refractivity contribution in [3.05, 3.63) is 6.61 Å². The summed E-state index contributed by atoms with van der Waals surface area (Å²) >= 11 is 0. The van der Waals surface area contributed by atoms with Crippen molar-refractivity contribution >= 4 is 11.9 Å². The Labute approximate surface area is 84.6 Å². The van der Waals surface area contributed by atoms with Gasteiger partial charge >= 0.3 is 11.9 Å². The number of carbonyl (C=O) groups excluding carboxylic acids is 2. The molecule has 0 bridgehead atoms. The normalized spacial score (nSPS) is 11.9. The summed E-state index contributed by atoms with van der Waals surface area (Å²) in [5.41, 5.74) is 0. The Morgan fingerprint density at radius 2 is 2.00 bits per heavy atom. The topological polar surface area (TPSA) is 52.6 Å². The first-order valence-corrected chi connectivity index (χ1v) is 4.78. The van der Waals surface area contributed by atoms with E-state index in [2.05, 4.69) is 4.74 Å². The first-order valence-electron chi connectivity index (χ1n) is 4.78. The van der Waals surface area contributed by atoms with Gasteiger partial charge in [0.25, 0.3) is 0 Å². The zero-order chi connectivity index (χ0) is 11.0. The molecule has 0 saturated heterocycles. The molecule has 0 amide bonds. The Kier molecular flexibility index (Phi) is 6.80. The number of rotatable bonds is 6. The van der Waals surface area contributed by atoms with E-state index in [-0.39, 0.29) is 0 Å². The van der Waals surface area contributed by atoms with E-state index in [0.717, 1.165) is 12.8 Å². The summed E-state index contributed by atoms with van der Waals surface area (Å²) in [6.45, 7) is 6.66. The lowest BCUT2D eigenvalue weighted by molar-refractivity contribution is -0.159. The highest BCUT2D eigenvalue weighted by molar-refractivity contribution is 5.94. The van der Waals surface area contributed by atoms with Gasteiger partial charge in [0.2, 0.25) is 0 Å². The highest BCUT2D eigenvalue weighted by atomic mass is 16.6. The third kappa shape index (κ3) is 4.84. The zero-order valence-corrected chi connectivity index (χ0v) is 8.91. The van der Waals surface area contributed by atoms with E-state index in [9.17, 15) is 9.59 Å². The highest BCUT2D eigenvalue weighted by Gasteiger charge is 2.23. The SMILES string of the molecule is C[CH]OC(=O)C(C)C(=O)OCCCC. The van der Waals surface area contributed by atoms with Gasteiger partial charge in [0, 0.05) is 0 Å². The molecule has 0 fully saturated rings. The Bertz CT molecular complexity index is 189. The molecule has 1 unspecified atom stereocenters. The lowest BCUT2D eigenvalue weighted by Crippen LogP contribution is -2.24. The van der Waals surface area contributed by atoms with Crippen LogP contribution in [0.4, 0.5) is 0 Å². The summed E-state index contributed by atoms with van der Waals surface area (Å²) in [5, 5.41) is 0. The molecule has 0 aromatic carbocycles. The fourth-order valence-electron chi connectivity index (χ4n) is 0.757. The average Bonchev–Trinajstić information content (AvgIpc) is 2.17. The minimum Gasteiger partial charge on any atom is -0.465 e. The van der Waals surface area contributed by atoms with Crippen LogP contribution >= 0.6 is 0 Å². The first kappa shape index (κ1) is 12.9. The zero-order valence-electron chi connectivity index (χ0n) is 8.91. The van der Waals surface area contributed by atoms with Crippen LogP contribution in [0.3, 0.4) is 0 Å². The molecule has 0 spiro atoms. The van der Waals surface area contributed by atoms with Crippen LogP contribution in [0.25, 0.3) is 0 Å².